The van der Waals surface area contributed by atoms with Crippen molar-refractivity contribution in [3.05, 3.63) is 35.4 Å². The van der Waals surface area contributed by atoms with Gasteiger partial charge in [0, 0.05) is 38.6 Å². The number of aliphatic hydroxyl groups is 1. The monoisotopic (exact) mass is 330 g/mol. The molecule has 0 radical (unpaired) electrons. The van der Waals surface area contributed by atoms with Crippen molar-refractivity contribution in [1.82, 2.24) is 9.80 Å². The molecule has 1 aliphatic heterocycles. The molecule has 1 atom stereocenters. The molecule has 1 saturated heterocycles. The molecule has 1 unspecified atom stereocenters. The Morgan fingerprint density at radius 3 is 2.50 bits per heavy atom. The van der Waals surface area contributed by atoms with Gasteiger partial charge in [0.15, 0.2) is 0 Å². The predicted molar refractivity (Wildman–Crippen MR) is 95.8 cm³/mol. The number of carbonyl (C=O) groups is 1. The van der Waals surface area contributed by atoms with Crippen molar-refractivity contribution in [2.45, 2.75) is 64.1 Å². The lowest BCUT2D eigenvalue weighted by Crippen LogP contribution is -2.41. The number of carbonyl (C=O) groups excluding carboxylic acids is 1. The van der Waals surface area contributed by atoms with E-state index in [0.717, 1.165) is 19.5 Å². The third-order valence-electron chi connectivity index (χ3n) is 5.14. The highest BCUT2D eigenvalue weighted by Crippen LogP contribution is 2.29. The smallest absolute Gasteiger partial charge is 0.222 e. The maximum Gasteiger partial charge on any atom is 0.222 e. The highest BCUT2D eigenvalue weighted by molar-refractivity contribution is 5.78. The lowest BCUT2D eigenvalue weighted by atomic mass is 10.0. The van der Waals surface area contributed by atoms with Crippen LogP contribution in [0.15, 0.2) is 24.3 Å². The zero-order valence-electron chi connectivity index (χ0n) is 14.9. The van der Waals surface area contributed by atoms with E-state index in [1.807, 2.05) is 4.90 Å². The number of rotatable bonds is 8. The number of likely N-dealkylation sites (tertiary alicyclic amines) is 1. The van der Waals surface area contributed by atoms with Crippen LogP contribution in [-0.2, 0) is 11.3 Å². The van der Waals surface area contributed by atoms with Crippen LogP contribution in [0.25, 0.3) is 0 Å². The van der Waals surface area contributed by atoms with Gasteiger partial charge in [0.1, 0.15) is 0 Å². The largest absolute Gasteiger partial charge is 0.390 e. The molecule has 132 valence electrons. The first-order chi connectivity index (χ1) is 11.5. The molecule has 3 rings (SSSR count). The summed E-state index contributed by atoms with van der Waals surface area (Å²) in [5, 5.41) is 10.4. The van der Waals surface area contributed by atoms with Crippen LogP contribution in [0.2, 0.25) is 0 Å². The molecule has 0 bridgehead atoms. The highest BCUT2D eigenvalue weighted by Gasteiger charge is 2.31. The molecule has 24 heavy (non-hydrogen) atoms. The van der Waals surface area contributed by atoms with Gasteiger partial charge in [-0.1, -0.05) is 38.1 Å². The predicted octanol–water partition coefficient (Wildman–Crippen LogP) is 2.76. The van der Waals surface area contributed by atoms with Gasteiger partial charge in [0.05, 0.1) is 6.10 Å². The summed E-state index contributed by atoms with van der Waals surface area (Å²) in [6, 6.07) is 9.44. The number of benzene rings is 1. The second kappa shape index (κ2) is 7.66. The van der Waals surface area contributed by atoms with Crippen LogP contribution >= 0.6 is 0 Å². The SMILES string of the molecule is CC(C)c1ccc(CN(CC(O)CN2CCCC2=O)C2CC2)cc1. The Bertz CT molecular complexity index is 551. The van der Waals surface area contributed by atoms with Crippen LogP contribution in [0.1, 0.15) is 56.6 Å². The van der Waals surface area contributed by atoms with Gasteiger partial charge in [0.25, 0.3) is 0 Å². The van der Waals surface area contributed by atoms with E-state index in [-0.39, 0.29) is 5.91 Å². The molecule has 1 heterocycles. The molecule has 1 saturated carbocycles. The summed E-state index contributed by atoms with van der Waals surface area (Å²) in [6.45, 7) is 7.24. The Kier molecular flexibility index (Phi) is 5.57. The first-order valence-electron chi connectivity index (χ1n) is 9.31. The van der Waals surface area contributed by atoms with Crippen molar-refractivity contribution in [1.29, 1.82) is 0 Å². The fourth-order valence-electron chi connectivity index (χ4n) is 3.50. The minimum Gasteiger partial charge on any atom is -0.390 e. The van der Waals surface area contributed by atoms with Gasteiger partial charge in [0.2, 0.25) is 5.91 Å². The maximum absolute atomic E-state index is 11.7. The molecule has 2 aliphatic rings. The molecule has 1 N–H and O–H groups in total. The van der Waals surface area contributed by atoms with E-state index in [1.54, 1.807) is 0 Å². The molecule has 4 heteroatoms. The van der Waals surface area contributed by atoms with E-state index >= 15 is 0 Å². The molecular formula is C20H30N2O2. The third-order valence-corrected chi connectivity index (χ3v) is 5.14. The molecule has 1 aromatic rings. The molecule has 1 amide bonds. The zero-order valence-corrected chi connectivity index (χ0v) is 14.9. The second-order valence-corrected chi connectivity index (χ2v) is 7.65. The Hall–Kier alpha value is -1.39. The fraction of sp³-hybridized carbons (Fsp3) is 0.650. The first kappa shape index (κ1) is 17.4. The number of β-amino-alcohol motifs (C(OH)–C–C–N with tert-alkyl or cyclic N) is 1. The lowest BCUT2D eigenvalue weighted by molar-refractivity contribution is -0.129. The molecular weight excluding hydrogens is 300 g/mol. The maximum atomic E-state index is 11.7. The Labute approximate surface area is 145 Å². The van der Waals surface area contributed by atoms with Crippen LogP contribution in [0.3, 0.4) is 0 Å². The Balaban J connectivity index is 1.55. The number of aliphatic hydroxyl groups excluding tert-OH is 1. The van der Waals surface area contributed by atoms with E-state index in [4.69, 9.17) is 0 Å². The number of nitrogens with zero attached hydrogens (tertiary/aromatic N) is 2. The average molecular weight is 330 g/mol. The average Bonchev–Trinajstić information content (AvgIpc) is 3.32. The zero-order chi connectivity index (χ0) is 17.1. The molecule has 1 aromatic carbocycles. The van der Waals surface area contributed by atoms with E-state index < -0.39 is 6.10 Å². The Morgan fingerprint density at radius 1 is 1.25 bits per heavy atom. The normalized spacial score (nSPS) is 19.5. The minimum atomic E-state index is -0.456. The van der Waals surface area contributed by atoms with Crippen LogP contribution in [0.4, 0.5) is 0 Å². The third kappa shape index (κ3) is 4.58. The van der Waals surface area contributed by atoms with E-state index in [0.29, 0.717) is 31.5 Å². The minimum absolute atomic E-state index is 0.191. The van der Waals surface area contributed by atoms with Crippen LogP contribution in [0.5, 0.6) is 0 Å². The van der Waals surface area contributed by atoms with Crippen LogP contribution in [-0.4, -0.2) is 52.6 Å². The van der Waals surface area contributed by atoms with Gasteiger partial charge in [-0.05, 0) is 36.3 Å². The topological polar surface area (TPSA) is 43.8 Å². The fourth-order valence-corrected chi connectivity index (χ4v) is 3.50. The number of hydrogen-bond acceptors (Lipinski definition) is 3. The molecule has 0 spiro atoms. The summed E-state index contributed by atoms with van der Waals surface area (Å²) in [5.41, 5.74) is 2.67. The van der Waals surface area contributed by atoms with Crippen molar-refractivity contribution in [3.63, 3.8) is 0 Å². The van der Waals surface area contributed by atoms with E-state index in [9.17, 15) is 9.90 Å². The van der Waals surface area contributed by atoms with E-state index in [1.165, 1.54) is 24.0 Å². The van der Waals surface area contributed by atoms with Gasteiger partial charge in [-0.25, -0.2) is 0 Å². The summed E-state index contributed by atoms with van der Waals surface area (Å²) in [7, 11) is 0. The van der Waals surface area contributed by atoms with Gasteiger partial charge in [-0.2, -0.15) is 0 Å². The van der Waals surface area contributed by atoms with Gasteiger partial charge in [-0.15, -0.1) is 0 Å². The number of amides is 1. The van der Waals surface area contributed by atoms with Gasteiger partial charge < -0.3 is 10.0 Å². The summed E-state index contributed by atoms with van der Waals surface area (Å²) >= 11 is 0. The molecule has 0 aromatic heterocycles. The number of hydrogen-bond donors (Lipinski definition) is 1. The molecule has 2 fully saturated rings. The summed E-state index contributed by atoms with van der Waals surface area (Å²) in [6.07, 6.45) is 3.56. The van der Waals surface area contributed by atoms with Crippen LogP contribution < -0.4 is 0 Å². The molecule has 4 nitrogen and oxygen atoms in total. The van der Waals surface area contributed by atoms with Crippen molar-refractivity contribution in [3.8, 4) is 0 Å². The summed E-state index contributed by atoms with van der Waals surface area (Å²) in [5.74, 6) is 0.745. The second-order valence-electron chi connectivity index (χ2n) is 7.65. The summed E-state index contributed by atoms with van der Waals surface area (Å²) in [4.78, 5) is 15.9. The quantitative estimate of drug-likeness (QED) is 0.797. The van der Waals surface area contributed by atoms with Crippen LogP contribution in [0, 0.1) is 0 Å². The van der Waals surface area contributed by atoms with Crippen molar-refractivity contribution < 1.29 is 9.90 Å². The standard InChI is InChI=1S/C20H30N2O2/c1-15(2)17-7-5-16(6-8-17)12-22(18-9-10-18)14-19(23)13-21-11-3-4-20(21)24/h5-8,15,18-19,23H,3-4,9-14H2,1-2H3. The van der Waals surface area contributed by atoms with Crippen molar-refractivity contribution in [2.24, 2.45) is 0 Å². The highest BCUT2D eigenvalue weighted by atomic mass is 16.3. The van der Waals surface area contributed by atoms with Crippen molar-refractivity contribution in [2.75, 3.05) is 19.6 Å². The Morgan fingerprint density at radius 2 is 1.96 bits per heavy atom. The van der Waals surface area contributed by atoms with E-state index in [2.05, 4.69) is 43.0 Å². The van der Waals surface area contributed by atoms with Gasteiger partial charge in [-0.3, -0.25) is 9.69 Å². The van der Waals surface area contributed by atoms with Gasteiger partial charge >= 0.3 is 0 Å². The summed E-state index contributed by atoms with van der Waals surface area (Å²) < 4.78 is 0. The first-order valence-corrected chi connectivity index (χ1v) is 9.31. The molecule has 1 aliphatic carbocycles. The lowest BCUT2D eigenvalue weighted by Gasteiger charge is -2.27. The van der Waals surface area contributed by atoms with Crippen molar-refractivity contribution >= 4 is 5.91 Å².